The second-order valence-corrected chi connectivity index (χ2v) is 6.25. The van der Waals surface area contributed by atoms with Gasteiger partial charge in [0.15, 0.2) is 4.77 Å². The van der Waals surface area contributed by atoms with Gasteiger partial charge in [-0.05, 0) is 58.9 Å². The topological polar surface area (TPSA) is 41.0 Å². The molecule has 1 N–H and O–H groups in total. The predicted octanol–water partition coefficient (Wildman–Crippen LogP) is 4.01. The van der Waals surface area contributed by atoms with Crippen molar-refractivity contribution in [2.24, 2.45) is 0 Å². The summed E-state index contributed by atoms with van der Waals surface area (Å²) in [5, 5.41) is 3.98. The van der Waals surface area contributed by atoms with Gasteiger partial charge in [0.1, 0.15) is 11.5 Å². The van der Waals surface area contributed by atoms with Crippen molar-refractivity contribution in [1.29, 1.82) is 0 Å². The van der Waals surface area contributed by atoms with Gasteiger partial charge < -0.3 is 9.88 Å². The summed E-state index contributed by atoms with van der Waals surface area (Å²) in [7, 11) is 1.74. The smallest absolute Gasteiger partial charge is 0.272 e. The van der Waals surface area contributed by atoms with Crippen LogP contribution in [0.4, 0.5) is 4.39 Å². The zero-order chi connectivity index (χ0) is 16.4. The molecule has 0 atom stereocenters. The monoisotopic (exact) mass is 347 g/mol. The summed E-state index contributed by atoms with van der Waals surface area (Å²) in [5.41, 5.74) is 2.14. The van der Waals surface area contributed by atoms with Gasteiger partial charge in [-0.25, -0.2) is 4.39 Å². The number of aromatic nitrogens is 2. The fourth-order valence-corrected chi connectivity index (χ4v) is 3.22. The van der Waals surface area contributed by atoms with Gasteiger partial charge in [-0.15, -0.1) is 0 Å². The third kappa shape index (κ3) is 3.25. The molecule has 2 heterocycles. The average Bonchev–Trinajstić information content (AvgIpc) is 3.17. The second-order valence-electron chi connectivity index (χ2n) is 5.08. The lowest BCUT2D eigenvalue weighted by molar-refractivity contribution is 0.0777. The maximum absolute atomic E-state index is 13.1. The largest absolute Gasteiger partial charge is 0.336 e. The van der Waals surface area contributed by atoms with E-state index in [0.29, 0.717) is 22.7 Å². The van der Waals surface area contributed by atoms with Gasteiger partial charge in [0.05, 0.1) is 0 Å². The first-order chi connectivity index (χ1) is 11.1. The molecule has 0 fully saturated rings. The minimum atomic E-state index is -0.335. The zero-order valence-corrected chi connectivity index (χ0v) is 14.0. The van der Waals surface area contributed by atoms with Gasteiger partial charge in [0.25, 0.3) is 5.91 Å². The van der Waals surface area contributed by atoms with Crippen LogP contribution >= 0.6 is 23.6 Å². The first-order valence-electron chi connectivity index (χ1n) is 6.89. The Morgan fingerprint density at radius 2 is 2.09 bits per heavy atom. The molecule has 0 saturated heterocycles. The Morgan fingerprint density at radius 3 is 2.74 bits per heavy atom. The number of hydrogen-bond donors (Lipinski definition) is 1. The van der Waals surface area contributed by atoms with E-state index in [2.05, 4.69) is 4.98 Å². The molecule has 0 radical (unpaired) electrons. The highest BCUT2D eigenvalue weighted by Gasteiger charge is 2.18. The molecule has 118 valence electrons. The summed E-state index contributed by atoms with van der Waals surface area (Å²) >= 11 is 6.85. The van der Waals surface area contributed by atoms with Crippen LogP contribution in [-0.4, -0.2) is 27.4 Å². The molecule has 7 heteroatoms. The van der Waals surface area contributed by atoms with E-state index in [4.69, 9.17) is 12.2 Å². The fraction of sp³-hybridized carbons (Fsp3) is 0.125. The number of imidazole rings is 1. The van der Waals surface area contributed by atoms with Crippen LogP contribution < -0.4 is 0 Å². The predicted molar refractivity (Wildman–Crippen MR) is 91.0 cm³/mol. The standard InChI is InChI=1S/C16H14FN3OS2/c1-19(9-11-6-7-23-10-11)15(21)14-8-18-16(22)20(14)13-4-2-12(17)3-5-13/h2-8,10H,9H2,1H3,(H,18,22). The Bertz CT molecular complexity index is 866. The van der Waals surface area contributed by atoms with E-state index < -0.39 is 0 Å². The number of aromatic amines is 1. The Labute approximate surface area is 141 Å². The molecule has 0 unspecified atom stereocenters. The summed E-state index contributed by atoms with van der Waals surface area (Å²) in [6.45, 7) is 0.518. The lowest BCUT2D eigenvalue weighted by atomic mass is 10.2. The summed E-state index contributed by atoms with van der Waals surface area (Å²) in [4.78, 5) is 17.2. The van der Waals surface area contributed by atoms with Gasteiger partial charge in [-0.3, -0.25) is 9.36 Å². The second kappa shape index (κ2) is 6.47. The van der Waals surface area contributed by atoms with Crippen LogP contribution in [0.2, 0.25) is 0 Å². The molecule has 3 aromatic rings. The van der Waals surface area contributed by atoms with Crippen LogP contribution in [0, 0.1) is 10.6 Å². The summed E-state index contributed by atoms with van der Waals surface area (Å²) < 4.78 is 15.1. The molecule has 4 nitrogen and oxygen atoms in total. The highest BCUT2D eigenvalue weighted by molar-refractivity contribution is 7.71. The average molecular weight is 347 g/mol. The number of carbonyl (C=O) groups excluding carboxylic acids is 1. The molecule has 1 amide bonds. The SMILES string of the molecule is CN(Cc1ccsc1)C(=O)c1c[nH]c(=S)n1-c1ccc(F)cc1. The fourth-order valence-electron chi connectivity index (χ4n) is 2.30. The molecular formula is C16H14FN3OS2. The third-order valence-electron chi connectivity index (χ3n) is 3.43. The number of nitrogens with zero attached hydrogens (tertiary/aromatic N) is 2. The van der Waals surface area contributed by atoms with Gasteiger partial charge in [0.2, 0.25) is 0 Å². The van der Waals surface area contributed by atoms with Crippen molar-refractivity contribution < 1.29 is 9.18 Å². The number of H-pyrrole nitrogens is 1. The quantitative estimate of drug-likeness (QED) is 0.725. The number of nitrogens with one attached hydrogen (secondary N) is 1. The third-order valence-corrected chi connectivity index (χ3v) is 4.46. The molecule has 0 saturated carbocycles. The number of halogens is 1. The molecule has 23 heavy (non-hydrogen) atoms. The van der Waals surface area contributed by atoms with Crippen molar-refractivity contribution in [1.82, 2.24) is 14.5 Å². The van der Waals surface area contributed by atoms with Gasteiger partial charge in [0, 0.05) is 25.5 Å². The van der Waals surface area contributed by atoms with E-state index in [-0.39, 0.29) is 11.7 Å². The highest BCUT2D eigenvalue weighted by Crippen LogP contribution is 2.16. The van der Waals surface area contributed by atoms with Crippen molar-refractivity contribution in [3.8, 4) is 5.69 Å². The zero-order valence-electron chi connectivity index (χ0n) is 12.3. The summed E-state index contributed by atoms with van der Waals surface area (Å²) in [6, 6.07) is 7.85. The van der Waals surface area contributed by atoms with Crippen LogP contribution in [0.5, 0.6) is 0 Å². The highest BCUT2D eigenvalue weighted by atomic mass is 32.1. The first kappa shape index (κ1) is 15.6. The Morgan fingerprint density at radius 1 is 1.35 bits per heavy atom. The maximum Gasteiger partial charge on any atom is 0.272 e. The maximum atomic E-state index is 13.1. The number of hydrogen-bond acceptors (Lipinski definition) is 3. The van der Waals surface area contributed by atoms with E-state index in [1.54, 1.807) is 46.2 Å². The summed E-state index contributed by atoms with van der Waals surface area (Å²) in [6.07, 6.45) is 1.58. The van der Waals surface area contributed by atoms with Crippen LogP contribution in [0.3, 0.4) is 0 Å². The van der Waals surface area contributed by atoms with Crippen LogP contribution in [0.15, 0.2) is 47.3 Å². The van der Waals surface area contributed by atoms with Crippen molar-refractivity contribution >= 4 is 29.5 Å². The minimum absolute atomic E-state index is 0.159. The van der Waals surface area contributed by atoms with E-state index in [0.717, 1.165) is 5.56 Å². The van der Waals surface area contributed by atoms with Crippen molar-refractivity contribution in [3.63, 3.8) is 0 Å². The lowest BCUT2D eigenvalue weighted by Crippen LogP contribution is -2.27. The number of thiophene rings is 1. The van der Waals surface area contributed by atoms with Crippen LogP contribution in [0.25, 0.3) is 5.69 Å². The normalized spacial score (nSPS) is 10.7. The van der Waals surface area contributed by atoms with Gasteiger partial charge in [-0.2, -0.15) is 11.3 Å². The van der Waals surface area contributed by atoms with E-state index in [9.17, 15) is 9.18 Å². The van der Waals surface area contributed by atoms with Gasteiger partial charge >= 0.3 is 0 Å². The number of benzene rings is 1. The molecule has 2 aromatic heterocycles. The van der Waals surface area contributed by atoms with Crippen LogP contribution in [-0.2, 0) is 6.54 Å². The number of carbonyl (C=O) groups is 1. The van der Waals surface area contributed by atoms with E-state index in [1.807, 2.05) is 16.8 Å². The Hall–Kier alpha value is -2.25. The molecule has 0 spiro atoms. The minimum Gasteiger partial charge on any atom is -0.336 e. The molecule has 3 rings (SSSR count). The van der Waals surface area contributed by atoms with E-state index >= 15 is 0 Å². The molecule has 0 bridgehead atoms. The van der Waals surface area contributed by atoms with Gasteiger partial charge in [-0.1, -0.05) is 0 Å². The molecule has 0 aliphatic carbocycles. The number of rotatable bonds is 4. The Kier molecular flexibility index (Phi) is 4.40. The van der Waals surface area contributed by atoms with E-state index in [1.165, 1.54) is 12.1 Å². The molecule has 0 aliphatic heterocycles. The molecular weight excluding hydrogens is 333 g/mol. The molecule has 0 aliphatic rings. The van der Waals surface area contributed by atoms with Crippen molar-refractivity contribution in [2.45, 2.75) is 6.54 Å². The van der Waals surface area contributed by atoms with Crippen LogP contribution in [0.1, 0.15) is 16.1 Å². The molecule has 1 aromatic carbocycles. The summed E-state index contributed by atoms with van der Waals surface area (Å²) in [5.74, 6) is -0.494. The lowest BCUT2D eigenvalue weighted by Gasteiger charge is -2.17. The van der Waals surface area contributed by atoms with Crippen molar-refractivity contribution in [2.75, 3.05) is 7.05 Å². The van der Waals surface area contributed by atoms with Crippen molar-refractivity contribution in [3.05, 3.63) is 69.1 Å². The number of amides is 1. The Balaban J connectivity index is 1.92. The first-order valence-corrected chi connectivity index (χ1v) is 8.24.